The van der Waals surface area contributed by atoms with E-state index in [9.17, 15) is 9.59 Å². The van der Waals surface area contributed by atoms with E-state index >= 15 is 0 Å². The number of nitrogens with zero attached hydrogens (tertiary/aromatic N) is 2. The van der Waals surface area contributed by atoms with Crippen LogP contribution in [0.2, 0.25) is 0 Å². The van der Waals surface area contributed by atoms with Crippen molar-refractivity contribution in [3.63, 3.8) is 0 Å². The van der Waals surface area contributed by atoms with Crippen molar-refractivity contribution in [3.05, 3.63) is 138 Å². The first kappa shape index (κ1) is 40.3. The third-order valence-electron chi connectivity index (χ3n) is 9.41. The summed E-state index contributed by atoms with van der Waals surface area (Å²) in [6.07, 6.45) is 12.8. The number of thioether (sulfide) groups is 1. The van der Waals surface area contributed by atoms with Crippen LogP contribution in [0.4, 0.5) is 0 Å². The second-order valence-corrected chi connectivity index (χ2v) is 14.0. The Morgan fingerprint density at radius 1 is 1.02 bits per heavy atom. The lowest BCUT2D eigenvalue weighted by atomic mass is 9.88. The molecule has 0 saturated heterocycles. The number of benzene rings is 3. The SMILES string of the molecule is C=CC(=C)C(C)=O.CC.CCNC1C=CC(C(=O)c2ccc3c(c2)c2cc(C(C4=CC4)C(CCSc4ccc(C)cc4)=NC)ccc2n3CC)=CC1. The van der Waals surface area contributed by atoms with E-state index in [4.69, 9.17) is 4.99 Å². The molecule has 0 fully saturated rings. The van der Waals surface area contributed by atoms with Crippen LogP contribution in [-0.4, -0.2) is 47.2 Å². The minimum absolute atomic E-state index is 0.0185. The molecule has 2 aliphatic rings. The molecular weight excluding hydrogens is 659 g/mol. The molecule has 272 valence electrons. The van der Waals surface area contributed by atoms with Crippen molar-refractivity contribution < 1.29 is 9.59 Å². The van der Waals surface area contributed by atoms with Crippen molar-refractivity contribution in [1.82, 2.24) is 9.88 Å². The van der Waals surface area contributed by atoms with E-state index in [1.807, 2.05) is 44.8 Å². The number of fused-ring (bicyclic) bond motifs is 3. The molecule has 0 spiro atoms. The maximum absolute atomic E-state index is 13.6. The molecule has 1 heterocycles. The summed E-state index contributed by atoms with van der Waals surface area (Å²) in [4.78, 5) is 29.9. The molecule has 0 bridgehead atoms. The number of likely N-dealkylation sites (N-methyl/N-ethyl adjacent to an activating group) is 1. The van der Waals surface area contributed by atoms with Crippen molar-refractivity contribution in [1.29, 1.82) is 0 Å². The van der Waals surface area contributed by atoms with Crippen LogP contribution >= 0.6 is 11.8 Å². The summed E-state index contributed by atoms with van der Waals surface area (Å²) in [7, 11) is 1.94. The van der Waals surface area contributed by atoms with Crippen LogP contribution in [-0.2, 0) is 11.3 Å². The maximum atomic E-state index is 13.6. The Morgan fingerprint density at radius 2 is 1.69 bits per heavy atom. The third kappa shape index (κ3) is 9.87. The third-order valence-corrected chi connectivity index (χ3v) is 10.4. The summed E-state index contributed by atoms with van der Waals surface area (Å²) in [6, 6.07) is 22.2. The number of Topliss-reactive ketones (excluding diaryl/α,β-unsaturated/α-hetero) is 2. The first-order chi connectivity index (χ1) is 25.2. The van der Waals surface area contributed by atoms with Gasteiger partial charge >= 0.3 is 0 Å². The molecule has 1 aromatic heterocycles. The zero-order chi connectivity index (χ0) is 37.8. The number of carbonyl (C=O) groups is 2. The van der Waals surface area contributed by atoms with Crippen molar-refractivity contribution in [2.45, 2.75) is 84.2 Å². The number of carbonyl (C=O) groups excluding carboxylic acids is 2. The van der Waals surface area contributed by atoms with Gasteiger partial charge in [-0.2, -0.15) is 0 Å². The number of rotatable bonds is 14. The minimum Gasteiger partial charge on any atom is -0.341 e. The maximum Gasteiger partial charge on any atom is 0.192 e. The van der Waals surface area contributed by atoms with Crippen LogP contribution in [0.3, 0.4) is 0 Å². The average molecular weight is 714 g/mol. The fourth-order valence-electron chi connectivity index (χ4n) is 6.50. The zero-order valence-electron chi connectivity index (χ0n) is 32.1. The number of hydrogen-bond donors (Lipinski definition) is 1. The number of ketones is 2. The molecule has 5 nitrogen and oxygen atoms in total. The van der Waals surface area contributed by atoms with Crippen LogP contribution in [0.5, 0.6) is 0 Å². The van der Waals surface area contributed by atoms with Gasteiger partial charge in [0.25, 0.3) is 0 Å². The van der Waals surface area contributed by atoms with Gasteiger partial charge in [-0.05, 0) is 94.6 Å². The Bertz CT molecular complexity index is 2040. The van der Waals surface area contributed by atoms with Crippen molar-refractivity contribution in [2.24, 2.45) is 4.99 Å². The predicted octanol–water partition coefficient (Wildman–Crippen LogP) is 11.2. The van der Waals surface area contributed by atoms with E-state index in [2.05, 4.69) is 117 Å². The van der Waals surface area contributed by atoms with E-state index in [-0.39, 0.29) is 17.5 Å². The second-order valence-electron chi connectivity index (χ2n) is 12.8. The monoisotopic (exact) mass is 713 g/mol. The second kappa shape index (κ2) is 19.4. The van der Waals surface area contributed by atoms with Gasteiger partial charge < -0.3 is 9.88 Å². The molecule has 2 aliphatic carbocycles. The number of aromatic nitrogens is 1. The van der Waals surface area contributed by atoms with Gasteiger partial charge in [0, 0.05) is 80.4 Å². The highest BCUT2D eigenvalue weighted by Crippen LogP contribution is 2.41. The number of nitrogens with one attached hydrogen (secondary N) is 1. The highest BCUT2D eigenvalue weighted by Gasteiger charge is 2.28. The topological polar surface area (TPSA) is 63.5 Å². The lowest BCUT2D eigenvalue weighted by Crippen LogP contribution is -2.27. The van der Waals surface area contributed by atoms with Gasteiger partial charge in [-0.25, -0.2) is 0 Å². The van der Waals surface area contributed by atoms with E-state index < -0.39 is 0 Å². The molecule has 0 saturated carbocycles. The van der Waals surface area contributed by atoms with Gasteiger partial charge in [-0.1, -0.05) is 93.6 Å². The molecule has 0 radical (unpaired) electrons. The molecule has 6 heteroatoms. The van der Waals surface area contributed by atoms with E-state index in [0.29, 0.717) is 11.6 Å². The smallest absolute Gasteiger partial charge is 0.192 e. The van der Waals surface area contributed by atoms with Crippen molar-refractivity contribution >= 4 is 50.8 Å². The largest absolute Gasteiger partial charge is 0.341 e. The van der Waals surface area contributed by atoms with Gasteiger partial charge in [-0.15, -0.1) is 11.8 Å². The molecule has 2 atom stereocenters. The van der Waals surface area contributed by atoms with Gasteiger partial charge in [0.05, 0.1) is 0 Å². The molecule has 6 rings (SSSR count). The van der Waals surface area contributed by atoms with Gasteiger partial charge in [0.2, 0.25) is 0 Å². The van der Waals surface area contributed by atoms with E-state index in [1.165, 1.54) is 56.7 Å². The minimum atomic E-state index is -0.0185. The number of aryl methyl sites for hydroxylation is 2. The van der Waals surface area contributed by atoms with Gasteiger partial charge in [0.1, 0.15) is 0 Å². The molecule has 1 N–H and O–H groups in total. The first-order valence-electron chi connectivity index (χ1n) is 18.6. The summed E-state index contributed by atoms with van der Waals surface area (Å²) >= 11 is 1.90. The molecule has 52 heavy (non-hydrogen) atoms. The zero-order valence-corrected chi connectivity index (χ0v) is 32.9. The van der Waals surface area contributed by atoms with E-state index in [0.717, 1.165) is 54.6 Å². The molecule has 2 unspecified atom stereocenters. The Morgan fingerprint density at radius 3 is 2.23 bits per heavy atom. The van der Waals surface area contributed by atoms with Crippen LogP contribution < -0.4 is 5.32 Å². The average Bonchev–Trinajstić information content (AvgIpc) is 3.97. The molecular formula is C46H55N3O2S. The van der Waals surface area contributed by atoms with Gasteiger partial charge in [-0.3, -0.25) is 14.6 Å². The summed E-state index contributed by atoms with van der Waals surface area (Å²) in [6.45, 7) is 20.4. The molecule has 4 aromatic rings. The van der Waals surface area contributed by atoms with E-state index in [1.54, 1.807) is 0 Å². The Labute approximate surface area is 315 Å². The summed E-state index contributed by atoms with van der Waals surface area (Å²) < 4.78 is 2.36. The highest BCUT2D eigenvalue weighted by atomic mass is 32.2. The summed E-state index contributed by atoms with van der Waals surface area (Å²) in [5.41, 5.74) is 9.66. The van der Waals surface area contributed by atoms with Gasteiger partial charge in [0.15, 0.2) is 11.6 Å². The van der Waals surface area contributed by atoms with Crippen LogP contribution in [0, 0.1) is 6.92 Å². The molecule has 0 aliphatic heterocycles. The fraction of sp³-hybridized carbons (Fsp3) is 0.326. The Balaban J connectivity index is 0.000000604. The standard InChI is InChI=1S/C38H41N3OS.C6H8O.C2H6/c1-5-40-30-15-11-27(12-16-30)38(42)29-14-20-36-33(24-29)32-23-28(13-19-35(32)41(36)6-2)37(26-9-10-26)34(39-4)21-22-43-31-17-7-25(3)8-18-31;1-4-5(2)6(3)7;1-2/h7-9,11-15,17-20,23-24,30,37,40H,5-6,10,16,21-22H2,1-4H3;4H,1-2H2,3H3;1-2H3. The summed E-state index contributed by atoms with van der Waals surface area (Å²) in [5.74, 6) is 1.28. The van der Waals surface area contributed by atoms with Crippen LogP contribution in [0.15, 0.2) is 131 Å². The normalized spacial score (nSPS) is 15.4. The summed E-state index contributed by atoms with van der Waals surface area (Å²) in [5, 5.41) is 5.79. The molecule has 3 aromatic carbocycles. The lowest BCUT2D eigenvalue weighted by molar-refractivity contribution is -0.113. The lowest BCUT2D eigenvalue weighted by Gasteiger charge is -2.18. The Kier molecular flexibility index (Phi) is 15.0. The predicted molar refractivity (Wildman–Crippen MR) is 225 cm³/mol. The molecule has 0 amide bonds. The van der Waals surface area contributed by atoms with Crippen molar-refractivity contribution in [2.75, 3.05) is 19.3 Å². The highest BCUT2D eigenvalue weighted by molar-refractivity contribution is 7.99. The van der Waals surface area contributed by atoms with Crippen LogP contribution in [0.1, 0.15) is 81.3 Å². The quantitative estimate of drug-likeness (QED) is 0.0353. The number of allylic oxidation sites excluding steroid dienone is 6. The number of aliphatic imine (C=N–C) groups is 1. The van der Waals surface area contributed by atoms with Crippen molar-refractivity contribution in [3.8, 4) is 0 Å². The number of hydrogen-bond acceptors (Lipinski definition) is 5. The fourth-order valence-corrected chi connectivity index (χ4v) is 7.38. The van der Waals surface area contributed by atoms with Crippen LogP contribution in [0.25, 0.3) is 21.8 Å². The Hall–Kier alpha value is -4.52. The first-order valence-corrected chi connectivity index (χ1v) is 19.6.